The largest absolute Gasteiger partial charge is 0.756 e. The van der Waals surface area contributed by atoms with Gasteiger partial charge in [-0.25, -0.2) is 0 Å². The Hall–Kier alpha value is -2.58. The van der Waals surface area contributed by atoms with Crippen molar-refractivity contribution in [3.63, 3.8) is 0 Å². The molecule has 0 saturated heterocycles. The van der Waals surface area contributed by atoms with Crippen LogP contribution in [0.1, 0.15) is 284 Å². The summed E-state index contributed by atoms with van der Waals surface area (Å²) < 4.78 is 23.3. The van der Waals surface area contributed by atoms with Crippen LogP contribution in [0.2, 0.25) is 0 Å². The Morgan fingerprint density at radius 1 is 0.462 bits per heavy atom. The van der Waals surface area contributed by atoms with Gasteiger partial charge in [-0.3, -0.25) is 9.36 Å². The van der Waals surface area contributed by atoms with E-state index in [1.165, 1.54) is 186 Å². The lowest BCUT2D eigenvalue weighted by atomic mass is 10.0. The van der Waals surface area contributed by atoms with Crippen molar-refractivity contribution in [1.82, 2.24) is 5.32 Å². The van der Waals surface area contributed by atoms with Gasteiger partial charge in [-0.2, -0.15) is 0 Å². The summed E-state index contributed by atoms with van der Waals surface area (Å²) in [6, 6.07) is -0.912. The lowest BCUT2D eigenvalue weighted by molar-refractivity contribution is -0.870. The molecule has 8 nitrogen and oxygen atoms in total. The molecule has 1 amide bonds. The van der Waals surface area contributed by atoms with Crippen molar-refractivity contribution in [2.24, 2.45) is 0 Å². The highest BCUT2D eigenvalue weighted by atomic mass is 31.2. The number of likely N-dealkylation sites (N-methyl/N-ethyl adjacent to an activating group) is 1. The van der Waals surface area contributed by atoms with Crippen LogP contribution < -0.4 is 10.2 Å². The summed E-state index contributed by atoms with van der Waals surface area (Å²) in [4.78, 5) is 25.5. The van der Waals surface area contributed by atoms with Gasteiger partial charge in [-0.15, -0.1) is 0 Å². The average Bonchev–Trinajstić information content (AvgIpc) is 3.40. The van der Waals surface area contributed by atoms with Crippen LogP contribution >= 0.6 is 7.82 Å². The molecular formula is C69H125N2O6P. The van der Waals surface area contributed by atoms with Crippen molar-refractivity contribution in [2.45, 2.75) is 296 Å². The Balaban J connectivity index is 3.99. The van der Waals surface area contributed by atoms with Crippen LogP contribution in [0.5, 0.6) is 0 Å². The number of aliphatic hydroxyl groups excluding tert-OH is 1. The third kappa shape index (κ3) is 61.0. The van der Waals surface area contributed by atoms with Crippen molar-refractivity contribution in [1.29, 1.82) is 0 Å². The minimum atomic E-state index is -4.61. The van der Waals surface area contributed by atoms with Gasteiger partial charge >= 0.3 is 0 Å². The van der Waals surface area contributed by atoms with E-state index in [-0.39, 0.29) is 12.5 Å². The first-order valence-corrected chi connectivity index (χ1v) is 34.1. The first-order valence-electron chi connectivity index (χ1n) is 32.6. The molecule has 0 aromatic carbocycles. The molecule has 0 aliphatic heterocycles. The maximum absolute atomic E-state index is 13.0. The van der Waals surface area contributed by atoms with E-state index in [0.717, 1.165) is 77.0 Å². The summed E-state index contributed by atoms with van der Waals surface area (Å²) in [5.41, 5.74) is 0. The number of carbonyl (C=O) groups is 1. The highest BCUT2D eigenvalue weighted by Crippen LogP contribution is 2.38. The Kier molecular flexibility index (Phi) is 57.1. The van der Waals surface area contributed by atoms with Crippen LogP contribution in [0.15, 0.2) is 97.2 Å². The van der Waals surface area contributed by atoms with Crippen LogP contribution in [-0.4, -0.2) is 68.5 Å². The van der Waals surface area contributed by atoms with Gasteiger partial charge in [0.25, 0.3) is 7.82 Å². The van der Waals surface area contributed by atoms with E-state index < -0.39 is 26.6 Å². The number of quaternary nitrogens is 1. The van der Waals surface area contributed by atoms with E-state index in [1.54, 1.807) is 6.08 Å². The van der Waals surface area contributed by atoms with Gasteiger partial charge in [0.05, 0.1) is 39.9 Å². The maximum Gasteiger partial charge on any atom is 0.268 e. The Bertz CT molecular complexity index is 1590. The molecule has 0 heterocycles. The highest BCUT2D eigenvalue weighted by molar-refractivity contribution is 7.45. The number of rotatable bonds is 59. The number of hydrogen-bond acceptors (Lipinski definition) is 6. The molecule has 0 radical (unpaired) electrons. The standard InChI is InChI=1S/C69H125N2O6P/c1-6-8-10-12-14-16-18-20-22-24-25-26-27-28-29-30-31-32-33-34-35-36-37-38-39-40-41-42-43-44-45-47-49-51-53-55-57-59-61-63-69(73)70-67(66-77-78(74,75)76-65-64-71(3,4)5)68(72)62-60-58-56-54-52-50-48-46-23-21-19-17-15-13-11-9-7-2/h8,10,14,16,20,22-23,25-26,28-29,46,52,54,60,62,67-68,72H,6-7,9,11-13,15,17-19,21,24,27,30-45,47-51,53,55-59,61,63-66H2,1-5H3,(H-,70,73,74,75)/b10-8-,16-14-,22-20-,26-25-,29-28-,46-23+,54-52+,62-60+. The fraction of sp³-hybridized carbons (Fsp3) is 0.754. The number of phosphoric ester groups is 1. The molecule has 78 heavy (non-hydrogen) atoms. The third-order valence-corrected chi connectivity index (χ3v) is 15.2. The quantitative estimate of drug-likeness (QED) is 0.0272. The number of allylic oxidation sites excluding steroid dienone is 15. The Labute approximate surface area is 483 Å². The van der Waals surface area contributed by atoms with Crippen molar-refractivity contribution in [2.75, 3.05) is 40.9 Å². The zero-order chi connectivity index (χ0) is 57.0. The van der Waals surface area contributed by atoms with Crippen LogP contribution in [0, 0.1) is 0 Å². The lowest BCUT2D eigenvalue weighted by Gasteiger charge is -2.29. The van der Waals surface area contributed by atoms with Crippen molar-refractivity contribution >= 4 is 13.7 Å². The topological polar surface area (TPSA) is 108 Å². The molecule has 0 rings (SSSR count). The average molecular weight is 1110 g/mol. The predicted octanol–water partition coefficient (Wildman–Crippen LogP) is 19.9. The van der Waals surface area contributed by atoms with Gasteiger partial charge in [-0.1, -0.05) is 284 Å². The summed E-state index contributed by atoms with van der Waals surface area (Å²) in [6.07, 6.45) is 85.3. The highest BCUT2D eigenvalue weighted by Gasteiger charge is 2.23. The molecule has 3 atom stereocenters. The molecule has 0 bridgehead atoms. The molecule has 0 fully saturated rings. The van der Waals surface area contributed by atoms with Gasteiger partial charge in [0.2, 0.25) is 5.91 Å². The zero-order valence-electron chi connectivity index (χ0n) is 51.6. The van der Waals surface area contributed by atoms with E-state index >= 15 is 0 Å². The molecule has 9 heteroatoms. The fourth-order valence-corrected chi connectivity index (χ4v) is 9.94. The molecule has 452 valence electrons. The lowest BCUT2D eigenvalue weighted by Crippen LogP contribution is -2.45. The van der Waals surface area contributed by atoms with E-state index in [4.69, 9.17) is 9.05 Å². The molecule has 0 aromatic rings. The second-order valence-electron chi connectivity index (χ2n) is 23.1. The van der Waals surface area contributed by atoms with Gasteiger partial charge in [0.15, 0.2) is 0 Å². The summed E-state index contributed by atoms with van der Waals surface area (Å²) in [7, 11) is 1.24. The SMILES string of the molecule is CC/C=C\C/C=C\C/C=C\C/C=C\C/C=C\CCCCCCCCCCCCCCCCCCCCCCCCCC(=O)NC(COP(=O)([O-])OCC[N+](C)(C)C)C(O)/C=C/CC/C=C/CC/C=C/CCCCCCCCC. The fourth-order valence-electron chi connectivity index (χ4n) is 9.21. The number of phosphoric acid groups is 1. The molecule has 0 aliphatic rings. The van der Waals surface area contributed by atoms with Crippen molar-refractivity contribution in [3.8, 4) is 0 Å². The van der Waals surface area contributed by atoms with Crippen LogP contribution in [-0.2, 0) is 18.4 Å². The van der Waals surface area contributed by atoms with Crippen molar-refractivity contribution in [3.05, 3.63) is 97.2 Å². The number of unbranched alkanes of at least 4 members (excludes halogenated alkanes) is 32. The molecular weight excluding hydrogens is 984 g/mol. The second kappa shape index (κ2) is 59.1. The molecule has 0 spiro atoms. The van der Waals surface area contributed by atoms with E-state index in [1.807, 2.05) is 27.2 Å². The Morgan fingerprint density at radius 3 is 1.19 bits per heavy atom. The minimum absolute atomic E-state index is 0.0105. The number of aliphatic hydroxyl groups is 1. The summed E-state index contributed by atoms with van der Waals surface area (Å²) in [5.74, 6) is -0.210. The monoisotopic (exact) mass is 1110 g/mol. The molecule has 0 saturated carbocycles. The number of nitrogens with zero attached hydrogens (tertiary/aromatic N) is 1. The number of amides is 1. The van der Waals surface area contributed by atoms with Gasteiger partial charge in [0.1, 0.15) is 13.2 Å². The summed E-state index contributed by atoms with van der Waals surface area (Å²) >= 11 is 0. The second-order valence-corrected chi connectivity index (χ2v) is 24.5. The third-order valence-electron chi connectivity index (χ3n) is 14.3. The number of carbonyl (C=O) groups excluding carboxylic acids is 1. The normalized spacial score (nSPS) is 14.4. The van der Waals surface area contributed by atoms with Crippen LogP contribution in [0.3, 0.4) is 0 Å². The van der Waals surface area contributed by atoms with Crippen LogP contribution in [0.25, 0.3) is 0 Å². The number of hydrogen-bond donors (Lipinski definition) is 2. The Morgan fingerprint density at radius 2 is 0.795 bits per heavy atom. The predicted molar refractivity (Wildman–Crippen MR) is 339 cm³/mol. The van der Waals surface area contributed by atoms with Crippen molar-refractivity contribution < 1.29 is 32.9 Å². The van der Waals surface area contributed by atoms with E-state index in [2.05, 4.69) is 104 Å². The zero-order valence-corrected chi connectivity index (χ0v) is 52.5. The molecule has 0 aromatic heterocycles. The van der Waals surface area contributed by atoms with Gasteiger partial charge in [-0.05, 0) is 89.9 Å². The molecule has 0 aliphatic carbocycles. The summed E-state index contributed by atoms with van der Waals surface area (Å²) in [5, 5.41) is 13.9. The van der Waals surface area contributed by atoms with E-state index in [0.29, 0.717) is 17.4 Å². The molecule has 3 unspecified atom stereocenters. The van der Waals surface area contributed by atoms with Crippen LogP contribution in [0.4, 0.5) is 0 Å². The van der Waals surface area contributed by atoms with Gasteiger partial charge in [0, 0.05) is 6.42 Å². The summed E-state index contributed by atoms with van der Waals surface area (Å²) in [6.45, 7) is 4.51. The first kappa shape index (κ1) is 75.4. The minimum Gasteiger partial charge on any atom is -0.756 e. The first-order chi connectivity index (χ1) is 38.0. The van der Waals surface area contributed by atoms with Gasteiger partial charge < -0.3 is 28.8 Å². The molecule has 2 N–H and O–H groups in total. The smallest absolute Gasteiger partial charge is 0.268 e. The number of nitrogens with one attached hydrogen (secondary N) is 1. The van der Waals surface area contributed by atoms with E-state index in [9.17, 15) is 19.4 Å². The maximum atomic E-state index is 13.0.